The molecule has 3 atom stereocenters. The fraction of sp³-hybridized carbons (Fsp3) is 0.500. The number of allylic oxidation sites excluding steroid dienone is 3. The number of alkyl halides is 3. The molecule has 1 aliphatic heterocycles. The molecule has 214 valence electrons. The molecule has 1 heterocycles. The Morgan fingerprint density at radius 3 is 2.50 bits per heavy atom. The van der Waals surface area contributed by atoms with Gasteiger partial charge in [0.25, 0.3) is 0 Å². The second-order valence-electron chi connectivity index (χ2n) is 10.8. The standard InChI is InChI=1S/C28H29F4N3O5/c1-16(28(30,31)32)35(12-17-5-7-19(29)8-6-17)24(37)13-34-14-27(40-15-34)21-9-10-22(25(38)20(21)11-23(27)36)33-26(39)18-3-2-4-18/h5-10,16,18,20H,2-4,11-15H2,1H3,(H,33,39)/t16-,20?,27-/m0/s1. The molecule has 1 N–H and O–H groups in total. The maximum Gasteiger partial charge on any atom is 0.408 e. The van der Waals surface area contributed by atoms with Crippen LogP contribution in [0.3, 0.4) is 0 Å². The first kappa shape index (κ1) is 28.2. The zero-order valence-electron chi connectivity index (χ0n) is 21.8. The normalized spacial score (nSPS) is 25.8. The Kier molecular flexibility index (Phi) is 7.43. The molecule has 1 aromatic rings. The molecule has 8 nitrogen and oxygen atoms in total. The maximum absolute atomic E-state index is 13.6. The number of carbonyl (C=O) groups is 4. The topological polar surface area (TPSA) is 96.0 Å². The van der Waals surface area contributed by atoms with Crippen molar-refractivity contribution in [2.75, 3.05) is 19.8 Å². The van der Waals surface area contributed by atoms with Crippen molar-refractivity contribution in [2.45, 2.75) is 57.0 Å². The number of halogens is 4. The summed E-state index contributed by atoms with van der Waals surface area (Å²) in [6.45, 7) is -0.271. The fourth-order valence-corrected chi connectivity index (χ4v) is 5.58. The molecule has 1 aromatic carbocycles. The fourth-order valence-electron chi connectivity index (χ4n) is 5.58. The smallest absolute Gasteiger partial charge is 0.346 e. The average Bonchev–Trinajstić information content (AvgIpc) is 3.40. The van der Waals surface area contributed by atoms with E-state index in [1.54, 1.807) is 6.08 Å². The van der Waals surface area contributed by atoms with Crippen molar-refractivity contribution < 1.29 is 41.5 Å². The summed E-state index contributed by atoms with van der Waals surface area (Å²) in [6.07, 6.45) is 0.715. The molecular weight excluding hydrogens is 534 g/mol. The van der Waals surface area contributed by atoms with Crippen LogP contribution in [-0.2, 0) is 30.5 Å². The molecule has 1 spiro atoms. The van der Waals surface area contributed by atoms with Gasteiger partial charge in [0.1, 0.15) is 18.6 Å². The van der Waals surface area contributed by atoms with E-state index in [1.807, 2.05) is 0 Å². The SMILES string of the molecule is C[C@H](N(Cc1ccc(F)cc1)C(=O)CN1CO[C@]2(C1)C(=O)CC1C(=O)C(NC(=O)C3CCC3)=CC=C12)C(F)(F)F. The van der Waals surface area contributed by atoms with Crippen LogP contribution in [0.5, 0.6) is 0 Å². The minimum Gasteiger partial charge on any atom is -0.346 e. The zero-order valence-corrected chi connectivity index (χ0v) is 21.8. The highest BCUT2D eigenvalue weighted by atomic mass is 19.4. The summed E-state index contributed by atoms with van der Waals surface area (Å²) < 4.78 is 60.0. The van der Waals surface area contributed by atoms with Gasteiger partial charge in [0.15, 0.2) is 17.2 Å². The van der Waals surface area contributed by atoms with Crippen LogP contribution in [0.2, 0.25) is 0 Å². The van der Waals surface area contributed by atoms with Crippen molar-refractivity contribution in [1.29, 1.82) is 0 Å². The van der Waals surface area contributed by atoms with Crippen LogP contribution in [0.4, 0.5) is 17.6 Å². The zero-order chi connectivity index (χ0) is 28.8. The maximum atomic E-state index is 13.6. The Bertz CT molecular complexity index is 1290. The van der Waals surface area contributed by atoms with Gasteiger partial charge in [-0.1, -0.05) is 24.6 Å². The molecule has 2 amide bonds. The number of Topliss-reactive ketones (excluding diaryl/α,β-unsaturated/α-hetero) is 2. The van der Waals surface area contributed by atoms with Crippen LogP contribution in [0.25, 0.3) is 0 Å². The Hall–Kier alpha value is -3.38. The molecule has 1 unspecified atom stereocenters. The third kappa shape index (κ3) is 5.22. The lowest BCUT2D eigenvalue weighted by molar-refractivity contribution is -0.187. The molecule has 3 aliphatic carbocycles. The molecule has 4 aliphatic rings. The highest BCUT2D eigenvalue weighted by molar-refractivity contribution is 6.10. The van der Waals surface area contributed by atoms with Gasteiger partial charge in [-0.15, -0.1) is 0 Å². The number of amides is 2. The second-order valence-corrected chi connectivity index (χ2v) is 10.8. The van der Waals surface area contributed by atoms with Crippen LogP contribution in [0.15, 0.2) is 47.7 Å². The van der Waals surface area contributed by atoms with E-state index in [0.717, 1.165) is 38.3 Å². The number of hydrogen-bond donors (Lipinski definition) is 1. The van der Waals surface area contributed by atoms with Gasteiger partial charge >= 0.3 is 6.18 Å². The lowest BCUT2D eigenvalue weighted by atomic mass is 9.83. The van der Waals surface area contributed by atoms with Crippen molar-refractivity contribution in [3.05, 3.63) is 59.1 Å². The lowest BCUT2D eigenvalue weighted by Gasteiger charge is -2.32. The van der Waals surface area contributed by atoms with Crippen LogP contribution in [-0.4, -0.2) is 70.8 Å². The third-order valence-electron chi connectivity index (χ3n) is 8.25. The third-order valence-corrected chi connectivity index (χ3v) is 8.25. The molecule has 1 saturated heterocycles. The number of rotatable bonds is 7. The molecule has 5 rings (SSSR count). The first-order valence-electron chi connectivity index (χ1n) is 13.2. The van der Waals surface area contributed by atoms with Crippen molar-refractivity contribution in [2.24, 2.45) is 11.8 Å². The second kappa shape index (κ2) is 10.5. The predicted molar refractivity (Wildman–Crippen MR) is 132 cm³/mol. The molecule has 40 heavy (non-hydrogen) atoms. The minimum atomic E-state index is -4.70. The summed E-state index contributed by atoms with van der Waals surface area (Å²) in [7, 11) is 0. The van der Waals surface area contributed by atoms with Crippen LogP contribution < -0.4 is 5.32 Å². The molecular formula is C28H29F4N3O5. The molecule has 0 aromatic heterocycles. The molecule has 0 radical (unpaired) electrons. The average molecular weight is 564 g/mol. The quantitative estimate of drug-likeness (QED) is 0.513. The highest BCUT2D eigenvalue weighted by Crippen LogP contribution is 2.46. The van der Waals surface area contributed by atoms with Crippen molar-refractivity contribution in [3.8, 4) is 0 Å². The van der Waals surface area contributed by atoms with E-state index >= 15 is 0 Å². The number of ketones is 2. The summed E-state index contributed by atoms with van der Waals surface area (Å²) in [5.41, 5.74) is -0.617. The Morgan fingerprint density at radius 1 is 1.18 bits per heavy atom. The van der Waals surface area contributed by atoms with Gasteiger partial charge in [0.2, 0.25) is 11.8 Å². The summed E-state index contributed by atoms with van der Waals surface area (Å²) >= 11 is 0. The first-order chi connectivity index (χ1) is 18.9. The van der Waals surface area contributed by atoms with Gasteiger partial charge in [-0.2, -0.15) is 13.2 Å². The van der Waals surface area contributed by atoms with Crippen molar-refractivity contribution >= 4 is 23.4 Å². The largest absolute Gasteiger partial charge is 0.408 e. The lowest BCUT2D eigenvalue weighted by Crippen LogP contribution is -2.50. The number of benzene rings is 1. The van der Waals surface area contributed by atoms with Gasteiger partial charge < -0.3 is 15.0 Å². The molecule has 3 fully saturated rings. The van der Waals surface area contributed by atoms with E-state index in [-0.39, 0.29) is 49.5 Å². The molecule has 0 bridgehead atoms. The van der Waals surface area contributed by atoms with E-state index in [9.17, 15) is 36.7 Å². The number of ether oxygens (including phenoxy) is 1. The van der Waals surface area contributed by atoms with Gasteiger partial charge in [-0.3, -0.25) is 24.1 Å². The summed E-state index contributed by atoms with van der Waals surface area (Å²) in [6, 6.07) is 2.72. The number of fused-ring (bicyclic) bond motifs is 2. The van der Waals surface area contributed by atoms with E-state index in [4.69, 9.17) is 4.74 Å². The van der Waals surface area contributed by atoms with Gasteiger partial charge in [-0.05, 0) is 49.1 Å². The first-order valence-corrected chi connectivity index (χ1v) is 13.2. The number of hydrogen-bond acceptors (Lipinski definition) is 6. The summed E-state index contributed by atoms with van der Waals surface area (Å²) in [5, 5.41) is 2.67. The van der Waals surface area contributed by atoms with Crippen LogP contribution in [0.1, 0.15) is 38.2 Å². The number of nitrogens with zero attached hydrogens (tertiary/aromatic N) is 2. The Balaban J connectivity index is 1.30. The Morgan fingerprint density at radius 2 is 1.88 bits per heavy atom. The van der Waals surface area contributed by atoms with Crippen molar-refractivity contribution in [3.63, 3.8) is 0 Å². The molecule has 12 heteroatoms. The Labute approximate surface area is 228 Å². The number of nitrogens with one attached hydrogen (secondary N) is 1. The minimum absolute atomic E-state index is 0.102. The van der Waals surface area contributed by atoms with Crippen molar-refractivity contribution in [1.82, 2.24) is 15.1 Å². The van der Waals surface area contributed by atoms with E-state index in [2.05, 4.69) is 5.32 Å². The summed E-state index contributed by atoms with van der Waals surface area (Å²) in [4.78, 5) is 53.9. The van der Waals surface area contributed by atoms with Gasteiger partial charge in [-0.25, -0.2) is 4.39 Å². The van der Waals surface area contributed by atoms with Crippen LogP contribution in [0, 0.1) is 17.7 Å². The highest BCUT2D eigenvalue weighted by Gasteiger charge is 2.58. The molecule has 2 saturated carbocycles. The van der Waals surface area contributed by atoms with E-state index in [1.165, 1.54) is 23.1 Å². The number of carbonyl (C=O) groups excluding carboxylic acids is 4. The van der Waals surface area contributed by atoms with Crippen LogP contribution >= 0.6 is 0 Å². The summed E-state index contributed by atoms with van der Waals surface area (Å²) in [5.74, 6) is -3.31. The van der Waals surface area contributed by atoms with E-state index < -0.39 is 47.8 Å². The van der Waals surface area contributed by atoms with E-state index in [0.29, 0.717) is 16.0 Å². The monoisotopic (exact) mass is 563 g/mol. The van der Waals surface area contributed by atoms with Gasteiger partial charge in [0.05, 0.1) is 18.2 Å². The predicted octanol–water partition coefficient (Wildman–Crippen LogP) is 3.03. The van der Waals surface area contributed by atoms with Gasteiger partial charge in [0, 0.05) is 25.4 Å².